The third-order valence-electron chi connectivity index (χ3n) is 3.96. The summed E-state index contributed by atoms with van der Waals surface area (Å²) in [6, 6.07) is 4.17. The number of halogens is 3. The van der Waals surface area contributed by atoms with E-state index in [0.29, 0.717) is 29.6 Å². The zero-order valence-corrected chi connectivity index (χ0v) is 11.2. The number of fused-ring (bicyclic) bond motifs is 1. The van der Waals surface area contributed by atoms with Crippen molar-refractivity contribution in [1.29, 1.82) is 0 Å². The van der Waals surface area contributed by atoms with Crippen molar-refractivity contribution in [1.82, 2.24) is 4.98 Å². The van der Waals surface area contributed by atoms with Gasteiger partial charge in [-0.1, -0.05) is 12.8 Å². The summed E-state index contributed by atoms with van der Waals surface area (Å²) in [5.41, 5.74) is 1.42. The van der Waals surface area contributed by atoms with Crippen LogP contribution in [0.15, 0.2) is 27.4 Å². The first-order valence-corrected chi connectivity index (χ1v) is 6.89. The zero-order valence-electron chi connectivity index (χ0n) is 11.2. The molecule has 3 rings (SSSR count). The van der Waals surface area contributed by atoms with Gasteiger partial charge in [-0.05, 0) is 31.0 Å². The average Bonchev–Trinajstić information content (AvgIpc) is 2.77. The van der Waals surface area contributed by atoms with Gasteiger partial charge in [-0.3, -0.25) is 4.98 Å². The van der Waals surface area contributed by atoms with Crippen molar-refractivity contribution in [3.63, 3.8) is 0 Å². The number of nitrogens with one attached hydrogen (secondary N) is 2. The lowest BCUT2D eigenvalue weighted by atomic mass is 9.84. The lowest BCUT2D eigenvalue weighted by Gasteiger charge is -2.34. The molecule has 1 heterocycles. The van der Waals surface area contributed by atoms with E-state index in [1.807, 2.05) is 0 Å². The summed E-state index contributed by atoms with van der Waals surface area (Å²) in [6.45, 7) is 0. The fourth-order valence-electron chi connectivity index (χ4n) is 2.95. The molecule has 1 aromatic carbocycles. The summed E-state index contributed by atoms with van der Waals surface area (Å²) in [5, 5.41) is 2.96. The molecular weight excluding hydrogens is 285 g/mol. The number of benzene rings is 1. The maximum atomic E-state index is 13.0. The van der Waals surface area contributed by atoms with Gasteiger partial charge in [-0.15, -0.1) is 0 Å². The van der Waals surface area contributed by atoms with Gasteiger partial charge in [0.1, 0.15) is 0 Å². The number of H-pyrrole nitrogens is 1. The standard InChI is InChI=1S/C14H15F3N2O2/c15-14(16,17)9-3-1-2-4-10(9)18-8-5-6-12-11(7-8)19-13(20)21-12/h5-7,9-10,18H,1-4H2,(H,19,20). The van der Waals surface area contributed by atoms with Crippen molar-refractivity contribution < 1.29 is 17.6 Å². The minimum atomic E-state index is -4.19. The molecule has 0 spiro atoms. The maximum absolute atomic E-state index is 13.0. The van der Waals surface area contributed by atoms with Gasteiger partial charge in [0.15, 0.2) is 5.58 Å². The highest BCUT2D eigenvalue weighted by atomic mass is 19.4. The molecule has 1 saturated carbocycles. The van der Waals surface area contributed by atoms with Crippen LogP contribution in [0, 0.1) is 5.92 Å². The molecule has 0 bridgehead atoms. The Morgan fingerprint density at radius 2 is 2.00 bits per heavy atom. The van der Waals surface area contributed by atoms with Crippen LogP contribution in [0.4, 0.5) is 18.9 Å². The SMILES string of the molecule is O=c1[nH]c2cc(NC3CCCCC3C(F)(F)F)ccc2o1. The monoisotopic (exact) mass is 300 g/mol. The van der Waals surface area contributed by atoms with E-state index >= 15 is 0 Å². The first kappa shape index (κ1) is 14.0. The Morgan fingerprint density at radius 1 is 1.24 bits per heavy atom. The van der Waals surface area contributed by atoms with Crippen molar-refractivity contribution >= 4 is 16.8 Å². The van der Waals surface area contributed by atoms with Crippen LogP contribution in [0.3, 0.4) is 0 Å². The molecule has 0 amide bonds. The predicted molar refractivity (Wildman–Crippen MR) is 72.3 cm³/mol. The van der Waals surface area contributed by atoms with Crippen molar-refractivity contribution in [3.05, 3.63) is 28.7 Å². The number of aromatic amines is 1. The number of anilines is 1. The number of hydrogen-bond acceptors (Lipinski definition) is 3. The lowest BCUT2D eigenvalue weighted by Crippen LogP contribution is -2.41. The van der Waals surface area contributed by atoms with Gasteiger partial charge in [-0.2, -0.15) is 13.2 Å². The van der Waals surface area contributed by atoms with Gasteiger partial charge in [0.2, 0.25) is 0 Å². The van der Waals surface area contributed by atoms with E-state index in [1.165, 1.54) is 0 Å². The molecule has 2 N–H and O–H groups in total. The molecule has 1 aromatic heterocycles. The molecule has 4 nitrogen and oxygen atoms in total. The highest BCUT2D eigenvalue weighted by Gasteiger charge is 2.45. The first-order chi connectivity index (χ1) is 9.93. The molecule has 2 aromatic rings. The molecule has 2 atom stereocenters. The second-order valence-corrected chi connectivity index (χ2v) is 5.41. The third-order valence-corrected chi connectivity index (χ3v) is 3.96. The van der Waals surface area contributed by atoms with E-state index < -0.39 is 23.9 Å². The minimum Gasteiger partial charge on any atom is -0.408 e. The molecule has 21 heavy (non-hydrogen) atoms. The van der Waals surface area contributed by atoms with Gasteiger partial charge in [0.25, 0.3) is 0 Å². The highest BCUT2D eigenvalue weighted by Crippen LogP contribution is 2.39. The average molecular weight is 300 g/mol. The smallest absolute Gasteiger partial charge is 0.408 e. The normalized spacial score (nSPS) is 23.4. The Labute approximate surface area is 118 Å². The Bertz CT molecular complexity index is 689. The van der Waals surface area contributed by atoms with E-state index in [9.17, 15) is 18.0 Å². The molecule has 0 aliphatic heterocycles. The summed E-state index contributed by atoms with van der Waals surface area (Å²) in [5.74, 6) is -1.90. The predicted octanol–water partition coefficient (Wildman–Crippen LogP) is 3.65. The fraction of sp³-hybridized carbons (Fsp3) is 0.500. The van der Waals surface area contributed by atoms with Crippen LogP contribution < -0.4 is 11.1 Å². The topological polar surface area (TPSA) is 58.0 Å². The van der Waals surface area contributed by atoms with Crippen molar-refractivity contribution in [2.75, 3.05) is 5.32 Å². The van der Waals surface area contributed by atoms with E-state index in [0.717, 1.165) is 6.42 Å². The summed E-state index contributed by atoms with van der Waals surface area (Å²) in [6.07, 6.45) is -2.15. The molecule has 2 unspecified atom stereocenters. The molecule has 0 saturated heterocycles. The Morgan fingerprint density at radius 3 is 2.76 bits per heavy atom. The Hall–Kier alpha value is -1.92. The van der Waals surface area contributed by atoms with Crippen LogP contribution in [0.5, 0.6) is 0 Å². The van der Waals surface area contributed by atoms with Crippen molar-refractivity contribution in [2.24, 2.45) is 5.92 Å². The van der Waals surface area contributed by atoms with Crippen LogP contribution in [0.25, 0.3) is 11.1 Å². The second kappa shape index (κ2) is 5.13. The van der Waals surface area contributed by atoms with Crippen molar-refractivity contribution in [2.45, 2.75) is 37.9 Å². The minimum absolute atomic E-state index is 0.159. The molecule has 7 heteroatoms. The largest absolute Gasteiger partial charge is 0.417 e. The highest BCUT2D eigenvalue weighted by molar-refractivity contribution is 5.76. The van der Waals surface area contributed by atoms with Gasteiger partial charge in [0.05, 0.1) is 11.4 Å². The summed E-state index contributed by atoms with van der Waals surface area (Å²) >= 11 is 0. The van der Waals surface area contributed by atoms with E-state index in [-0.39, 0.29) is 6.42 Å². The number of alkyl halides is 3. The molecule has 1 aliphatic rings. The van der Waals surface area contributed by atoms with Gasteiger partial charge < -0.3 is 9.73 Å². The lowest BCUT2D eigenvalue weighted by molar-refractivity contribution is -0.184. The van der Waals surface area contributed by atoms with Crippen molar-refractivity contribution in [3.8, 4) is 0 Å². The number of hydrogen-bond donors (Lipinski definition) is 2. The number of aromatic nitrogens is 1. The van der Waals surface area contributed by atoms with E-state index in [2.05, 4.69) is 10.3 Å². The molecular formula is C14H15F3N2O2. The number of oxazole rings is 1. The van der Waals surface area contributed by atoms with Crippen LogP contribution in [-0.2, 0) is 0 Å². The quantitative estimate of drug-likeness (QED) is 0.890. The van der Waals surface area contributed by atoms with Gasteiger partial charge in [-0.25, -0.2) is 4.79 Å². The van der Waals surface area contributed by atoms with E-state index in [1.54, 1.807) is 18.2 Å². The van der Waals surface area contributed by atoms with Crippen LogP contribution >= 0.6 is 0 Å². The Kier molecular flexibility index (Phi) is 3.43. The molecule has 0 radical (unpaired) electrons. The molecule has 1 fully saturated rings. The summed E-state index contributed by atoms with van der Waals surface area (Å²) in [4.78, 5) is 13.6. The van der Waals surface area contributed by atoms with Crippen LogP contribution in [-0.4, -0.2) is 17.2 Å². The summed E-state index contributed by atoms with van der Waals surface area (Å²) in [7, 11) is 0. The van der Waals surface area contributed by atoms with Gasteiger partial charge >= 0.3 is 11.9 Å². The third kappa shape index (κ3) is 2.91. The van der Waals surface area contributed by atoms with Gasteiger partial charge in [0, 0.05) is 11.7 Å². The second-order valence-electron chi connectivity index (χ2n) is 5.41. The van der Waals surface area contributed by atoms with Crippen LogP contribution in [0.2, 0.25) is 0 Å². The van der Waals surface area contributed by atoms with Crippen LogP contribution in [0.1, 0.15) is 25.7 Å². The first-order valence-electron chi connectivity index (χ1n) is 6.89. The zero-order chi connectivity index (χ0) is 15.0. The Balaban J connectivity index is 1.83. The molecule has 114 valence electrons. The maximum Gasteiger partial charge on any atom is 0.417 e. The molecule has 1 aliphatic carbocycles. The summed E-state index contributed by atoms with van der Waals surface area (Å²) < 4.78 is 44.0. The number of rotatable bonds is 2. The van der Waals surface area contributed by atoms with E-state index in [4.69, 9.17) is 4.42 Å². The fourth-order valence-corrected chi connectivity index (χ4v) is 2.95.